The molecule has 0 saturated carbocycles. The second kappa shape index (κ2) is 8.34. The van der Waals surface area contributed by atoms with Crippen LogP contribution in [0.3, 0.4) is 0 Å². The number of benzene rings is 3. The van der Waals surface area contributed by atoms with E-state index in [0.717, 1.165) is 34.6 Å². The summed E-state index contributed by atoms with van der Waals surface area (Å²) in [5.41, 5.74) is 1.68. The zero-order valence-corrected chi connectivity index (χ0v) is 17.2. The highest BCUT2D eigenvalue weighted by Crippen LogP contribution is 2.24. The molecule has 0 aliphatic carbocycles. The van der Waals surface area contributed by atoms with E-state index >= 15 is 0 Å². The number of hydrogen-bond donors (Lipinski definition) is 0. The van der Waals surface area contributed by atoms with Gasteiger partial charge in [-0.05, 0) is 41.1 Å². The third kappa shape index (κ3) is 3.89. The average Bonchev–Trinajstić information content (AvgIpc) is 2.84. The highest BCUT2D eigenvalue weighted by molar-refractivity contribution is 5.94. The fraction of sp³-hybridized carbons (Fsp3) is 0.160. The van der Waals surface area contributed by atoms with Crippen LogP contribution in [-0.4, -0.2) is 47.2 Å². The molecule has 1 aliphatic heterocycles. The molecule has 0 radical (unpaired) electrons. The standard InChI is InChI=1S/C25H20F2N4O/c26-20-7-8-21(22(27)16-20)25(32)31-13-11-30(12-14-31)24-10-9-23(28-29-24)19-6-5-17-3-1-2-4-18(17)15-19/h1-10,15-16H,11-14H2. The molecule has 2 heterocycles. The largest absolute Gasteiger partial charge is 0.352 e. The van der Waals surface area contributed by atoms with Gasteiger partial charge in [-0.1, -0.05) is 36.4 Å². The minimum atomic E-state index is -0.840. The number of anilines is 1. The molecule has 0 unspecified atom stereocenters. The number of aromatic nitrogens is 2. The zero-order valence-electron chi connectivity index (χ0n) is 17.2. The summed E-state index contributed by atoms with van der Waals surface area (Å²) in [6.07, 6.45) is 0. The summed E-state index contributed by atoms with van der Waals surface area (Å²) >= 11 is 0. The number of rotatable bonds is 3. The fourth-order valence-electron chi connectivity index (χ4n) is 3.97. The molecule has 0 atom stereocenters. The number of piperazine rings is 1. The number of amides is 1. The van der Waals surface area contributed by atoms with Gasteiger partial charge >= 0.3 is 0 Å². The van der Waals surface area contributed by atoms with Crippen molar-refractivity contribution in [2.75, 3.05) is 31.1 Å². The Labute approximate surface area is 183 Å². The third-order valence-electron chi connectivity index (χ3n) is 5.75. The molecule has 1 aromatic heterocycles. The Morgan fingerprint density at radius 2 is 1.56 bits per heavy atom. The van der Waals surface area contributed by atoms with E-state index in [1.54, 1.807) is 4.90 Å². The summed E-state index contributed by atoms with van der Waals surface area (Å²) in [6.45, 7) is 1.95. The van der Waals surface area contributed by atoms with Crippen LogP contribution in [0, 0.1) is 11.6 Å². The van der Waals surface area contributed by atoms with Gasteiger partial charge in [-0.15, -0.1) is 10.2 Å². The van der Waals surface area contributed by atoms with Crippen molar-refractivity contribution >= 4 is 22.5 Å². The molecule has 3 aromatic carbocycles. The maximum atomic E-state index is 13.9. The summed E-state index contributed by atoms with van der Waals surface area (Å²) in [4.78, 5) is 16.2. The van der Waals surface area contributed by atoms with E-state index < -0.39 is 17.5 Å². The van der Waals surface area contributed by atoms with Gasteiger partial charge in [0, 0.05) is 37.8 Å². The zero-order chi connectivity index (χ0) is 22.1. The Morgan fingerprint density at radius 1 is 0.781 bits per heavy atom. The Hall–Kier alpha value is -3.87. The lowest BCUT2D eigenvalue weighted by Gasteiger charge is -2.35. The second-order valence-electron chi connectivity index (χ2n) is 7.74. The molecule has 5 nitrogen and oxygen atoms in total. The minimum absolute atomic E-state index is 0.112. The molecule has 0 N–H and O–H groups in total. The van der Waals surface area contributed by atoms with Crippen molar-refractivity contribution in [3.63, 3.8) is 0 Å². The molecule has 1 aliphatic rings. The van der Waals surface area contributed by atoms with Crippen LogP contribution in [0.1, 0.15) is 10.4 Å². The second-order valence-corrected chi connectivity index (χ2v) is 7.74. The van der Waals surface area contributed by atoms with Crippen LogP contribution in [-0.2, 0) is 0 Å². The average molecular weight is 430 g/mol. The van der Waals surface area contributed by atoms with E-state index in [-0.39, 0.29) is 5.56 Å². The van der Waals surface area contributed by atoms with Gasteiger partial charge in [-0.25, -0.2) is 8.78 Å². The van der Waals surface area contributed by atoms with Gasteiger partial charge in [0.25, 0.3) is 5.91 Å². The maximum absolute atomic E-state index is 13.9. The molecule has 160 valence electrons. The molecule has 0 bridgehead atoms. The summed E-state index contributed by atoms with van der Waals surface area (Å²) in [7, 11) is 0. The van der Waals surface area contributed by atoms with Gasteiger partial charge in [-0.3, -0.25) is 4.79 Å². The van der Waals surface area contributed by atoms with Crippen LogP contribution in [0.15, 0.2) is 72.8 Å². The van der Waals surface area contributed by atoms with Gasteiger partial charge < -0.3 is 9.80 Å². The van der Waals surface area contributed by atoms with E-state index in [1.807, 2.05) is 35.2 Å². The molecule has 1 amide bonds. The van der Waals surface area contributed by atoms with Crippen molar-refractivity contribution in [2.24, 2.45) is 0 Å². The Balaban J connectivity index is 1.26. The summed E-state index contributed by atoms with van der Waals surface area (Å²) in [5.74, 6) is -1.24. The Bertz CT molecular complexity index is 1280. The SMILES string of the molecule is O=C(c1ccc(F)cc1F)N1CCN(c2ccc(-c3ccc4ccccc4c3)nn2)CC1. The summed E-state index contributed by atoms with van der Waals surface area (Å²) in [6, 6.07) is 21.2. The van der Waals surface area contributed by atoms with E-state index in [2.05, 4.69) is 34.5 Å². The normalized spacial score (nSPS) is 14.1. The Kier molecular flexibility index (Phi) is 5.23. The quantitative estimate of drug-likeness (QED) is 0.479. The number of hydrogen-bond acceptors (Lipinski definition) is 4. The number of carbonyl (C=O) groups excluding carboxylic acids is 1. The smallest absolute Gasteiger partial charge is 0.256 e. The van der Waals surface area contributed by atoms with Gasteiger partial charge in [0.1, 0.15) is 11.6 Å². The third-order valence-corrected chi connectivity index (χ3v) is 5.75. The van der Waals surface area contributed by atoms with Crippen LogP contribution >= 0.6 is 0 Å². The van der Waals surface area contributed by atoms with Gasteiger partial charge in [0.15, 0.2) is 5.82 Å². The van der Waals surface area contributed by atoms with Crippen LogP contribution in [0.5, 0.6) is 0 Å². The van der Waals surface area contributed by atoms with E-state index in [1.165, 1.54) is 11.5 Å². The lowest BCUT2D eigenvalue weighted by atomic mass is 10.1. The van der Waals surface area contributed by atoms with E-state index in [4.69, 9.17) is 0 Å². The lowest BCUT2D eigenvalue weighted by Crippen LogP contribution is -2.49. The van der Waals surface area contributed by atoms with Gasteiger partial charge in [0.05, 0.1) is 11.3 Å². The molecule has 5 rings (SSSR count). The minimum Gasteiger partial charge on any atom is -0.352 e. The van der Waals surface area contributed by atoms with Crippen molar-refractivity contribution in [1.82, 2.24) is 15.1 Å². The van der Waals surface area contributed by atoms with Crippen LogP contribution in [0.2, 0.25) is 0 Å². The molecule has 0 spiro atoms. The van der Waals surface area contributed by atoms with Crippen LogP contribution in [0.4, 0.5) is 14.6 Å². The first-order chi connectivity index (χ1) is 15.6. The molecule has 7 heteroatoms. The van der Waals surface area contributed by atoms with Crippen molar-refractivity contribution in [1.29, 1.82) is 0 Å². The van der Waals surface area contributed by atoms with Crippen molar-refractivity contribution in [3.05, 3.63) is 90.0 Å². The first kappa shape index (κ1) is 20.1. The van der Waals surface area contributed by atoms with Crippen molar-refractivity contribution in [3.8, 4) is 11.3 Å². The molecule has 4 aromatic rings. The predicted molar refractivity (Wildman–Crippen MR) is 119 cm³/mol. The first-order valence-electron chi connectivity index (χ1n) is 10.4. The topological polar surface area (TPSA) is 49.3 Å². The van der Waals surface area contributed by atoms with E-state index in [0.29, 0.717) is 26.2 Å². The highest BCUT2D eigenvalue weighted by Gasteiger charge is 2.25. The summed E-state index contributed by atoms with van der Waals surface area (Å²) in [5, 5.41) is 11.1. The molecule has 1 fully saturated rings. The monoisotopic (exact) mass is 430 g/mol. The summed E-state index contributed by atoms with van der Waals surface area (Å²) < 4.78 is 27.1. The molecule has 32 heavy (non-hydrogen) atoms. The predicted octanol–water partition coefficient (Wildman–Crippen LogP) is 4.54. The number of nitrogens with zero attached hydrogens (tertiary/aromatic N) is 4. The lowest BCUT2D eigenvalue weighted by molar-refractivity contribution is 0.0741. The van der Waals surface area contributed by atoms with Gasteiger partial charge in [-0.2, -0.15) is 0 Å². The number of carbonyl (C=O) groups is 1. The Morgan fingerprint density at radius 3 is 2.28 bits per heavy atom. The molecular weight excluding hydrogens is 410 g/mol. The van der Waals surface area contributed by atoms with Gasteiger partial charge in [0.2, 0.25) is 0 Å². The molecule has 1 saturated heterocycles. The van der Waals surface area contributed by atoms with Crippen LogP contribution in [0.25, 0.3) is 22.0 Å². The van der Waals surface area contributed by atoms with Crippen molar-refractivity contribution in [2.45, 2.75) is 0 Å². The first-order valence-corrected chi connectivity index (χ1v) is 10.4. The highest BCUT2D eigenvalue weighted by atomic mass is 19.1. The fourth-order valence-corrected chi connectivity index (χ4v) is 3.97. The molecular formula is C25H20F2N4O. The maximum Gasteiger partial charge on any atom is 0.256 e. The number of fused-ring (bicyclic) bond motifs is 1. The number of halogens is 2. The van der Waals surface area contributed by atoms with Crippen molar-refractivity contribution < 1.29 is 13.6 Å². The van der Waals surface area contributed by atoms with Crippen LogP contribution < -0.4 is 4.90 Å². The van der Waals surface area contributed by atoms with E-state index in [9.17, 15) is 13.6 Å².